The minimum atomic E-state index is -0.288. The van der Waals surface area contributed by atoms with E-state index in [1.165, 1.54) is 18.9 Å². The molecule has 0 spiro atoms. The lowest BCUT2D eigenvalue weighted by atomic mass is 10.1. The highest BCUT2D eigenvalue weighted by Crippen LogP contribution is 2.26. The lowest BCUT2D eigenvalue weighted by Gasteiger charge is -2.10. The van der Waals surface area contributed by atoms with Crippen LogP contribution in [0.25, 0.3) is 0 Å². The monoisotopic (exact) mass is 302 g/mol. The van der Waals surface area contributed by atoms with Crippen molar-refractivity contribution in [3.05, 3.63) is 22.4 Å². The summed E-state index contributed by atoms with van der Waals surface area (Å²) in [5.41, 5.74) is 7.04. The van der Waals surface area contributed by atoms with Gasteiger partial charge in [-0.05, 0) is 34.3 Å². The summed E-state index contributed by atoms with van der Waals surface area (Å²) in [6.07, 6.45) is 3.49. The zero-order valence-corrected chi connectivity index (χ0v) is 12.0. The largest absolute Gasteiger partial charge is 0.397 e. The second-order valence-corrected chi connectivity index (χ2v) is 5.52. The Balaban J connectivity index is 2.39. The molecule has 0 bridgehead atoms. The van der Waals surface area contributed by atoms with Crippen LogP contribution in [0.1, 0.15) is 33.1 Å². The minimum Gasteiger partial charge on any atom is -0.397 e. The third-order valence-electron chi connectivity index (χ3n) is 2.62. The van der Waals surface area contributed by atoms with Crippen LogP contribution in [-0.2, 0) is 0 Å². The maximum absolute atomic E-state index is 13.3. The van der Waals surface area contributed by atoms with Gasteiger partial charge in [0.1, 0.15) is 5.82 Å². The molecule has 1 rings (SSSR count). The molecule has 0 radical (unpaired) electrons. The van der Waals surface area contributed by atoms with Crippen molar-refractivity contribution in [2.45, 2.75) is 33.1 Å². The highest BCUT2D eigenvalue weighted by Gasteiger charge is 2.05. The van der Waals surface area contributed by atoms with Crippen LogP contribution in [0.4, 0.5) is 15.8 Å². The van der Waals surface area contributed by atoms with Gasteiger partial charge in [-0.1, -0.05) is 26.7 Å². The van der Waals surface area contributed by atoms with Crippen molar-refractivity contribution in [3.63, 3.8) is 0 Å². The molecule has 0 aliphatic carbocycles. The fraction of sp³-hybridized carbons (Fsp3) is 0.538. The number of nitrogens with one attached hydrogen (secondary N) is 1. The van der Waals surface area contributed by atoms with Gasteiger partial charge in [-0.25, -0.2) is 4.39 Å². The quantitative estimate of drug-likeness (QED) is 0.603. The van der Waals surface area contributed by atoms with Gasteiger partial charge in [0, 0.05) is 12.6 Å². The van der Waals surface area contributed by atoms with Gasteiger partial charge in [-0.2, -0.15) is 0 Å². The number of halogens is 2. The zero-order chi connectivity index (χ0) is 12.8. The summed E-state index contributed by atoms with van der Waals surface area (Å²) in [4.78, 5) is 0. The third kappa shape index (κ3) is 4.94. The lowest BCUT2D eigenvalue weighted by Crippen LogP contribution is -2.05. The Hall–Kier alpha value is -0.770. The van der Waals surface area contributed by atoms with Gasteiger partial charge in [0.2, 0.25) is 0 Å². The van der Waals surface area contributed by atoms with Crippen molar-refractivity contribution in [1.82, 2.24) is 0 Å². The van der Waals surface area contributed by atoms with Gasteiger partial charge in [0.25, 0.3) is 0 Å². The van der Waals surface area contributed by atoms with Crippen LogP contribution in [0.5, 0.6) is 0 Å². The van der Waals surface area contributed by atoms with E-state index in [9.17, 15) is 4.39 Å². The first-order chi connectivity index (χ1) is 8.00. The average Bonchev–Trinajstić information content (AvgIpc) is 2.24. The van der Waals surface area contributed by atoms with Gasteiger partial charge >= 0.3 is 0 Å². The fourth-order valence-electron chi connectivity index (χ4n) is 1.62. The van der Waals surface area contributed by atoms with Gasteiger partial charge < -0.3 is 11.1 Å². The van der Waals surface area contributed by atoms with Gasteiger partial charge in [0.05, 0.1) is 15.8 Å². The van der Waals surface area contributed by atoms with Crippen molar-refractivity contribution >= 4 is 27.3 Å². The molecule has 4 heteroatoms. The molecule has 0 atom stereocenters. The first-order valence-electron chi connectivity index (χ1n) is 5.99. The minimum absolute atomic E-state index is 0.288. The number of nitrogen functional groups attached to an aromatic ring is 1. The smallest absolute Gasteiger partial charge is 0.139 e. The SMILES string of the molecule is CC(C)CCCCNc1cc(F)c(Br)cc1N. The van der Waals surface area contributed by atoms with Crippen LogP contribution < -0.4 is 11.1 Å². The summed E-state index contributed by atoms with van der Waals surface area (Å²) in [5, 5.41) is 3.17. The maximum Gasteiger partial charge on any atom is 0.139 e. The Morgan fingerprint density at radius 1 is 1.35 bits per heavy atom. The highest BCUT2D eigenvalue weighted by atomic mass is 79.9. The standard InChI is InChI=1S/C13H20BrFN2/c1-9(2)5-3-4-6-17-13-8-11(15)10(14)7-12(13)16/h7-9,17H,3-6,16H2,1-2H3. The van der Waals surface area contributed by atoms with Crippen molar-refractivity contribution in [2.75, 3.05) is 17.6 Å². The van der Waals surface area contributed by atoms with Crippen LogP contribution in [0.15, 0.2) is 16.6 Å². The third-order valence-corrected chi connectivity index (χ3v) is 3.22. The van der Waals surface area contributed by atoms with Crippen LogP contribution in [-0.4, -0.2) is 6.54 Å². The zero-order valence-electron chi connectivity index (χ0n) is 10.4. The van der Waals surface area contributed by atoms with E-state index in [0.717, 1.165) is 18.9 Å². The highest BCUT2D eigenvalue weighted by molar-refractivity contribution is 9.10. The van der Waals surface area contributed by atoms with E-state index in [-0.39, 0.29) is 5.82 Å². The summed E-state index contributed by atoms with van der Waals surface area (Å²) < 4.78 is 13.7. The van der Waals surface area contributed by atoms with E-state index in [1.54, 1.807) is 6.07 Å². The van der Waals surface area contributed by atoms with E-state index in [1.807, 2.05) is 0 Å². The molecule has 96 valence electrons. The van der Waals surface area contributed by atoms with E-state index in [0.29, 0.717) is 15.8 Å². The molecular formula is C13H20BrFN2. The van der Waals surface area contributed by atoms with Crippen LogP contribution >= 0.6 is 15.9 Å². The number of unbranched alkanes of at least 4 members (excludes halogenated alkanes) is 1. The normalized spacial score (nSPS) is 10.9. The van der Waals surface area contributed by atoms with E-state index < -0.39 is 0 Å². The molecule has 0 saturated heterocycles. The summed E-state index contributed by atoms with van der Waals surface area (Å²) in [6.45, 7) is 5.27. The molecule has 0 unspecified atom stereocenters. The van der Waals surface area contributed by atoms with Crippen LogP contribution in [0.3, 0.4) is 0 Å². The molecule has 2 nitrogen and oxygen atoms in total. The predicted octanol–water partition coefficient (Wildman–Crippen LogP) is 4.41. The van der Waals surface area contributed by atoms with Crippen LogP contribution in [0.2, 0.25) is 0 Å². The second kappa shape index (κ2) is 6.84. The van der Waals surface area contributed by atoms with Crippen molar-refractivity contribution in [2.24, 2.45) is 5.92 Å². The Morgan fingerprint density at radius 2 is 2.06 bits per heavy atom. The number of hydrogen-bond acceptors (Lipinski definition) is 2. The van der Waals surface area contributed by atoms with E-state index in [4.69, 9.17) is 5.73 Å². The average molecular weight is 303 g/mol. The Labute approximate surface area is 111 Å². The number of hydrogen-bond donors (Lipinski definition) is 2. The molecule has 1 aromatic rings. The van der Waals surface area contributed by atoms with Crippen molar-refractivity contribution in [3.8, 4) is 0 Å². The van der Waals surface area contributed by atoms with Gasteiger partial charge in [0.15, 0.2) is 0 Å². The number of benzene rings is 1. The molecule has 0 heterocycles. The Bertz CT molecular complexity index is 367. The molecule has 0 aliphatic heterocycles. The summed E-state index contributed by atoms with van der Waals surface area (Å²) in [6, 6.07) is 3.02. The lowest BCUT2D eigenvalue weighted by molar-refractivity contribution is 0.545. The summed E-state index contributed by atoms with van der Waals surface area (Å²) in [5.74, 6) is 0.453. The molecule has 1 aromatic carbocycles. The molecular weight excluding hydrogens is 283 g/mol. The van der Waals surface area contributed by atoms with Crippen molar-refractivity contribution in [1.29, 1.82) is 0 Å². The first kappa shape index (κ1) is 14.3. The number of anilines is 2. The summed E-state index contributed by atoms with van der Waals surface area (Å²) >= 11 is 3.11. The number of nitrogens with two attached hydrogens (primary N) is 1. The van der Waals surface area contributed by atoms with E-state index >= 15 is 0 Å². The molecule has 0 aliphatic rings. The topological polar surface area (TPSA) is 38.0 Å². The fourth-order valence-corrected chi connectivity index (χ4v) is 1.98. The summed E-state index contributed by atoms with van der Waals surface area (Å²) in [7, 11) is 0. The molecule has 0 aromatic heterocycles. The Morgan fingerprint density at radius 3 is 2.71 bits per heavy atom. The van der Waals surface area contributed by atoms with Gasteiger partial charge in [-0.15, -0.1) is 0 Å². The second-order valence-electron chi connectivity index (χ2n) is 4.67. The Kier molecular flexibility index (Phi) is 5.75. The predicted molar refractivity (Wildman–Crippen MR) is 75.7 cm³/mol. The molecule has 0 saturated carbocycles. The molecule has 17 heavy (non-hydrogen) atoms. The van der Waals surface area contributed by atoms with Crippen LogP contribution in [0, 0.1) is 11.7 Å². The molecule has 0 fully saturated rings. The van der Waals surface area contributed by atoms with Gasteiger partial charge in [-0.3, -0.25) is 0 Å². The van der Waals surface area contributed by atoms with E-state index in [2.05, 4.69) is 35.1 Å². The first-order valence-corrected chi connectivity index (χ1v) is 6.78. The number of rotatable bonds is 6. The maximum atomic E-state index is 13.3. The molecule has 3 N–H and O–H groups in total. The molecule has 0 amide bonds. The van der Waals surface area contributed by atoms with Crippen molar-refractivity contribution < 1.29 is 4.39 Å².